The Balaban J connectivity index is 1.27. The molecule has 0 spiro atoms. The number of carbonyl (C=O) groups is 1. The van der Waals surface area contributed by atoms with E-state index in [2.05, 4.69) is 20.8 Å². The van der Waals surface area contributed by atoms with E-state index in [9.17, 15) is 13.2 Å². The van der Waals surface area contributed by atoms with Gasteiger partial charge in [0.25, 0.3) is 0 Å². The fourth-order valence-electron chi connectivity index (χ4n) is 3.48. The summed E-state index contributed by atoms with van der Waals surface area (Å²) in [6.45, 7) is 2.60. The molecule has 2 fully saturated rings. The first-order chi connectivity index (χ1) is 15.0. The van der Waals surface area contributed by atoms with Crippen molar-refractivity contribution in [2.75, 3.05) is 42.6 Å². The molecule has 1 atom stereocenters. The number of benzene rings is 1. The molecule has 1 aromatic carbocycles. The number of hydrogen-bond acceptors (Lipinski definition) is 9. The lowest BCUT2D eigenvalue weighted by atomic mass is 10.2. The summed E-state index contributed by atoms with van der Waals surface area (Å²) >= 11 is 2.69. The monoisotopic (exact) mass is 483 g/mol. The number of ether oxygens (including phenoxy) is 1. The van der Waals surface area contributed by atoms with Crippen LogP contribution in [0.3, 0.4) is 0 Å². The zero-order valence-electron chi connectivity index (χ0n) is 17.0. The van der Waals surface area contributed by atoms with E-state index in [4.69, 9.17) is 4.74 Å². The van der Waals surface area contributed by atoms with Crippen LogP contribution in [0.5, 0.6) is 0 Å². The SMILES string of the molecule is O=C(CSc1nnc(NC[C@H]2CCCO2)s1)Nc1cccc(S(=O)(=O)N2CCCC2)c1. The molecule has 9 nitrogen and oxygen atoms in total. The van der Waals surface area contributed by atoms with Gasteiger partial charge in [0.05, 0.1) is 16.8 Å². The molecule has 12 heteroatoms. The van der Waals surface area contributed by atoms with Crippen molar-refractivity contribution < 1.29 is 17.9 Å². The molecule has 2 saturated heterocycles. The van der Waals surface area contributed by atoms with Gasteiger partial charge >= 0.3 is 0 Å². The van der Waals surface area contributed by atoms with E-state index in [1.165, 1.54) is 33.5 Å². The topological polar surface area (TPSA) is 114 Å². The Bertz CT molecular complexity index is 1000. The van der Waals surface area contributed by atoms with Gasteiger partial charge in [0, 0.05) is 31.9 Å². The molecule has 2 aliphatic rings. The van der Waals surface area contributed by atoms with Crippen LogP contribution in [0.15, 0.2) is 33.5 Å². The van der Waals surface area contributed by atoms with Gasteiger partial charge in [-0.05, 0) is 43.9 Å². The first-order valence-corrected chi connectivity index (χ1v) is 13.5. The predicted molar refractivity (Wildman–Crippen MR) is 121 cm³/mol. The van der Waals surface area contributed by atoms with Crippen LogP contribution in [0.1, 0.15) is 25.7 Å². The number of thioether (sulfide) groups is 1. The van der Waals surface area contributed by atoms with Crippen LogP contribution in [-0.2, 0) is 19.6 Å². The number of aromatic nitrogens is 2. The highest BCUT2D eigenvalue weighted by Gasteiger charge is 2.27. The number of rotatable bonds is 9. The predicted octanol–water partition coefficient (Wildman–Crippen LogP) is 2.64. The number of sulfonamides is 1. The maximum absolute atomic E-state index is 12.7. The molecule has 2 aliphatic heterocycles. The highest BCUT2D eigenvalue weighted by molar-refractivity contribution is 8.01. The van der Waals surface area contributed by atoms with Gasteiger partial charge in [-0.25, -0.2) is 8.42 Å². The van der Waals surface area contributed by atoms with E-state index < -0.39 is 10.0 Å². The number of anilines is 2. The molecule has 0 bridgehead atoms. The highest BCUT2D eigenvalue weighted by atomic mass is 32.2. The van der Waals surface area contributed by atoms with E-state index in [1.807, 2.05) is 0 Å². The lowest BCUT2D eigenvalue weighted by Crippen LogP contribution is -2.28. The average molecular weight is 484 g/mol. The Morgan fingerprint density at radius 2 is 2.10 bits per heavy atom. The molecule has 3 heterocycles. The Morgan fingerprint density at radius 3 is 2.87 bits per heavy atom. The van der Waals surface area contributed by atoms with E-state index in [0.717, 1.165) is 32.3 Å². The maximum atomic E-state index is 12.7. The third-order valence-corrected chi connectivity index (χ3v) is 8.97. The van der Waals surface area contributed by atoms with Crippen molar-refractivity contribution in [3.8, 4) is 0 Å². The molecule has 1 amide bonds. The number of nitrogens with zero attached hydrogens (tertiary/aromatic N) is 3. The van der Waals surface area contributed by atoms with Gasteiger partial charge in [0.15, 0.2) is 4.34 Å². The summed E-state index contributed by atoms with van der Waals surface area (Å²) in [5.41, 5.74) is 0.460. The van der Waals surface area contributed by atoms with Gasteiger partial charge in [-0.2, -0.15) is 4.31 Å². The summed E-state index contributed by atoms with van der Waals surface area (Å²) in [4.78, 5) is 12.5. The Kier molecular flexibility index (Phi) is 7.43. The number of carbonyl (C=O) groups excluding carboxylic acids is 1. The van der Waals surface area contributed by atoms with Crippen molar-refractivity contribution in [3.05, 3.63) is 24.3 Å². The second-order valence-electron chi connectivity index (χ2n) is 7.36. The average Bonchev–Trinajstić information content (AvgIpc) is 3.54. The summed E-state index contributed by atoms with van der Waals surface area (Å²) in [5, 5.41) is 14.9. The van der Waals surface area contributed by atoms with E-state index in [1.54, 1.807) is 18.2 Å². The fourth-order valence-corrected chi connectivity index (χ4v) is 6.60. The number of hydrogen-bond donors (Lipinski definition) is 2. The maximum Gasteiger partial charge on any atom is 0.243 e. The van der Waals surface area contributed by atoms with Crippen LogP contribution in [0.2, 0.25) is 0 Å². The Hall–Kier alpha value is -1.73. The lowest BCUT2D eigenvalue weighted by Gasteiger charge is -2.16. The summed E-state index contributed by atoms with van der Waals surface area (Å²) < 4.78 is 33.2. The van der Waals surface area contributed by atoms with Gasteiger partial charge in [-0.15, -0.1) is 10.2 Å². The van der Waals surface area contributed by atoms with E-state index >= 15 is 0 Å². The van der Waals surface area contributed by atoms with Gasteiger partial charge in [-0.1, -0.05) is 29.2 Å². The van der Waals surface area contributed by atoms with E-state index in [-0.39, 0.29) is 22.7 Å². The molecule has 31 heavy (non-hydrogen) atoms. The molecule has 0 aliphatic carbocycles. The zero-order chi connectivity index (χ0) is 21.7. The molecule has 1 aromatic heterocycles. The zero-order valence-corrected chi connectivity index (χ0v) is 19.4. The summed E-state index contributed by atoms with van der Waals surface area (Å²) in [5.74, 6) is -0.0755. The second-order valence-corrected chi connectivity index (χ2v) is 11.5. The third-order valence-electron chi connectivity index (χ3n) is 5.06. The van der Waals surface area contributed by atoms with Crippen molar-refractivity contribution in [1.82, 2.24) is 14.5 Å². The lowest BCUT2D eigenvalue weighted by molar-refractivity contribution is -0.113. The van der Waals surface area contributed by atoms with Crippen molar-refractivity contribution in [3.63, 3.8) is 0 Å². The molecular formula is C19H25N5O4S3. The molecule has 2 N–H and O–H groups in total. The van der Waals surface area contributed by atoms with Gasteiger partial charge in [0.1, 0.15) is 0 Å². The summed E-state index contributed by atoms with van der Waals surface area (Å²) in [6, 6.07) is 6.39. The van der Waals surface area contributed by atoms with Crippen LogP contribution >= 0.6 is 23.1 Å². The normalized spacial score (nSPS) is 19.5. The van der Waals surface area contributed by atoms with Crippen LogP contribution < -0.4 is 10.6 Å². The first-order valence-electron chi connectivity index (χ1n) is 10.2. The minimum absolute atomic E-state index is 0.156. The number of amides is 1. The van der Waals surface area contributed by atoms with Crippen molar-refractivity contribution in [1.29, 1.82) is 0 Å². The third kappa shape index (κ3) is 5.95. The van der Waals surface area contributed by atoms with Crippen molar-refractivity contribution >= 4 is 49.8 Å². The smallest absolute Gasteiger partial charge is 0.243 e. The molecule has 0 unspecified atom stereocenters. The molecule has 4 rings (SSSR count). The minimum atomic E-state index is -3.52. The van der Waals surface area contributed by atoms with Crippen molar-refractivity contribution in [2.24, 2.45) is 0 Å². The minimum Gasteiger partial charge on any atom is -0.376 e. The number of nitrogens with one attached hydrogen (secondary N) is 2. The summed E-state index contributed by atoms with van der Waals surface area (Å²) in [6.07, 6.45) is 4.12. The van der Waals surface area contributed by atoms with E-state index in [0.29, 0.717) is 34.8 Å². The Morgan fingerprint density at radius 1 is 1.26 bits per heavy atom. The standard InChI is InChI=1S/C19H25N5O4S3/c25-17(13-29-19-23-22-18(30-19)20-12-15-6-4-10-28-15)21-14-5-3-7-16(11-14)31(26,27)24-8-1-2-9-24/h3,5,7,11,15H,1-2,4,6,8-10,12-13H2,(H,20,22)(H,21,25)/t15-/m1/s1. The van der Waals surface area contributed by atoms with Crippen LogP contribution in [-0.4, -0.2) is 66.9 Å². The molecule has 2 aromatic rings. The van der Waals surface area contributed by atoms with Gasteiger partial charge in [0.2, 0.25) is 21.1 Å². The molecular weight excluding hydrogens is 458 g/mol. The van der Waals surface area contributed by atoms with Gasteiger partial charge in [-0.3, -0.25) is 4.79 Å². The molecule has 0 saturated carbocycles. The Labute approximate surface area is 190 Å². The quantitative estimate of drug-likeness (QED) is 0.524. The van der Waals surface area contributed by atoms with Crippen LogP contribution in [0.4, 0.5) is 10.8 Å². The van der Waals surface area contributed by atoms with Crippen molar-refractivity contribution in [2.45, 2.75) is 41.0 Å². The van der Waals surface area contributed by atoms with Crippen LogP contribution in [0.25, 0.3) is 0 Å². The first kappa shape index (κ1) is 22.5. The molecule has 0 radical (unpaired) electrons. The summed E-state index contributed by atoms with van der Waals surface area (Å²) in [7, 11) is -3.52. The molecule has 168 valence electrons. The van der Waals surface area contributed by atoms with Gasteiger partial charge < -0.3 is 15.4 Å². The second kappa shape index (κ2) is 10.3. The fraction of sp³-hybridized carbons (Fsp3) is 0.526. The highest BCUT2D eigenvalue weighted by Crippen LogP contribution is 2.27. The largest absolute Gasteiger partial charge is 0.376 e. The van der Waals surface area contributed by atoms with Crippen LogP contribution in [0, 0.1) is 0 Å².